The van der Waals surface area contributed by atoms with E-state index in [4.69, 9.17) is 0 Å². The third kappa shape index (κ3) is 4.71. The van der Waals surface area contributed by atoms with Gasteiger partial charge in [0.2, 0.25) is 5.91 Å². The predicted molar refractivity (Wildman–Crippen MR) is 85.2 cm³/mol. The molecule has 1 aliphatic heterocycles. The minimum atomic E-state index is 0. The highest BCUT2D eigenvalue weighted by Gasteiger charge is 2.23. The van der Waals surface area contributed by atoms with Crippen LogP contribution in [-0.4, -0.2) is 23.5 Å². The van der Waals surface area contributed by atoms with Crippen LogP contribution in [0.1, 0.15) is 25.3 Å². The average molecular weight is 301 g/mol. The van der Waals surface area contributed by atoms with Crippen LogP contribution in [0, 0.1) is 0 Å². The molecule has 0 bridgehead atoms. The topological polar surface area (TPSA) is 41.1 Å². The summed E-state index contributed by atoms with van der Waals surface area (Å²) in [4.78, 5) is 12.1. The van der Waals surface area contributed by atoms with E-state index in [2.05, 4.69) is 23.6 Å². The number of benzene rings is 1. The van der Waals surface area contributed by atoms with Crippen LogP contribution < -0.4 is 10.6 Å². The normalized spacial score (nSPS) is 17.8. The first-order valence-corrected chi connectivity index (χ1v) is 7.57. The van der Waals surface area contributed by atoms with Crippen molar-refractivity contribution in [3.8, 4) is 0 Å². The quantitative estimate of drug-likeness (QED) is 0.878. The van der Waals surface area contributed by atoms with Crippen LogP contribution in [0.15, 0.2) is 24.3 Å². The van der Waals surface area contributed by atoms with Gasteiger partial charge in [0.15, 0.2) is 0 Å². The van der Waals surface area contributed by atoms with E-state index in [-0.39, 0.29) is 23.6 Å². The van der Waals surface area contributed by atoms with Crippen molar-refractivity contribution in [3.63, 3.8) is 0 Å². The number of halogens is 1. The highest BCUT2D eigenvalue weighted by molar-refractivity contribution is 8.00. The average Bonchev–Trinajstić information content (AvgIpc) is 2.91. The van der Waals surface area contributed by atoms with E-state index in [1.54, 1.807) is 11.8 Å². The van der Waals surface area contributed by atoms with Gasteiger partial charge in [0.25, 0.3) is 0 Å². The predicted octanol–water partition coefficient (Wildman–Crippen LogP) is 3.05. The van der Waals surface area contributed by atoms with Gasteiger partial charge in [-0.3, -0.25) is 4.79 Å². The van der Waals surface area contributed by atoms with E-state index in [1.165, 1.54) is 0 Å². The molecule has 1 amide bonds. The first-order chi connectivity index (χ1) is 8.81. The van der Waals surface area contributed by atoms with E-state index in [0.717, 1.165) is 42.9 Å². The Bertz CT molecular complexity index is 408. The second-order valence-corrected chi connectivity index (χ2v) is 5.74. The maximum Gasteiger partial charge on any atom is 0.237 e. The minimum absolute atomic E-state index is 0. The van der Waals surface area contributed by atoms with Crippen molar-refractivity contribution in [1.29, 1.82) is 0 Å². The molecular weight excluding hydrogens is 280 g/mol. The van der Waals surface area contributed by atoms with Crippen LogP contribution in [-0.2, 0) is 11.3 Å². The van der Waals surface area contributed by atoms with Crippen LogP contribution in [0.4, 0.5) is 5.69 Å². The summed E-state index contributed by atoms with van der Waals surface area (Å²) in [5.74, 6) is 1.26. The zero-order valence-corrected chi connectivity index (χ0v) is 12.8. The molecule has 0 spiro atoms. The largest absolute Gasteiger partial charge is 0.325 e. The van der Waals surface area contributed by atoms with Crippen molar-refractivity contribution >= 4 is 35.8 Å². The van der Waals surface area contributed by atoms with Crippen LogP contribution >= 0.6 is 24.2 Å². The first kappa shape index (κ1) is 16.3. The molecule has 106 valence electrons. The molecule has 1 aromatic rings. The van der Waals surface area contributed by atoms with Crippen molar-refractivity contribution < 1.29 is 4.79 Å². The fourth-order valence-corrected chi connectivity index (χ4v) is 3.22. The number of carbonyl (C=O) groups excluding carboxylic acids is 1. The van der Waals surface area contributed by atoms with Gasteiger partial charge in [-0.05, 0) is 36.8 Å². The molecule has 5 heteroatoms. The molecule has 1 saturated heterocycles. The summed E-state index contributed by atoms with van der Waals surface area (Å²) in [5.41, 5.74) is 2.09. The third-order valence-electron chi connectivity index (χ3n) is 3.06. The van der Waals surface area contributed by atoms with Crippen LogP contribution in [0.3, 0.4) is 0 Å². The zero-order chi connectivity index (χ0) is 12.8. The SMILES string of the molecule is CCNCc1ccccc1NC(=O)C1CCCS1.Cl. The summed E-state index contributed by atoms with van der Waals surface area (Å²) in [6.45, 7) is 3.81. The molecule has 19 heavy (non-hydrogen) atoms. The highest BCUT2D eigenvalue weighted by atomic mass is 35.5. The summed E-state index contributed by atoms with van der Waals surface area (Å²) < 4.78 is 0. The van der Waals surface area contributed by atoms with Gasteiger partial charge in [-0.25, -0.2) is 0 Å². The molecule has 0 saturated carbocycles. The molecule has 1 unspecified atom stereocenters. The van der Waals surface area contributed by atoms with Gasteiger partial charge < -0.3 is 10.6 Å². The van der Waals surface area contributed by atoms with E-state index in [9.17, 15) is 4.79 Å². The Labute approximate surface area is 125 Å². The Kier molecular flexibility index (Phi) is 7.28. The number of nitrogens with one attached hydrogen (secondary N) is 2. The van der Waals surface area contributed by atoms with E-state index >= 15 is 0 Å². The minimum Gasteiger partial charge on any atom is -0.325 e. The van der Waals surface area contributed by atoms with Crippen molar-refractivity contribution in [3.05, 3.63) is 29.8 Å². The number of thioether (sulfide) groups is 1. The summed E-state index contributed by atoms with van der Waals surface area (Å²) in [5, 5.41) is 6.49. The maximum atomic E-state index is 12.1. The molecule has 1 atom stereocenters. The molecule has 3 nitrogen and oxygen atoms in total. The standard InChI is InChI=1S/C14H20N2OS.ClH/c1-2-15-10-11-6-3-4-7-12(11)16-14(17)13-8-5-9-18-13;/h3-4,6-7,13,15H,2,5,8-10H2,1H3,(H,16,17);1H. The van der Waals surface area contributed by atoms with Crippen LogP contribution in [0.2, 0.25) is 0 Å². The second kappa shape index (κ2) is 8.46. The lowest BCUT2D eigenvalue weighted by Gasteiger charge is -2.13. The molecule has 0 aliphatic carbocycles. The summed E-state index contributed by atoms with van der Waals surface area (Å²) in [6, 6.07) is 8.00. The van der Waals surface area contributed by atoms with Gasteiger partial charge in [-0.2, -0.15) is 0 Å². The number of amides is 1. The second-order valence-electron chi connectivity index (χ2n) is 4.43. The molecule has 0 radical (unpaired) electrons. The molecule has 0 aromatic heterocycles. The van der Waals surface area contributed by atoms with Gasteiger partial charge in [-0.15, -0.1) is 24.2 Å². The maximum absolute atomic E-state index is 12.1. The highest BCUT2D eigenvalue weighted by Crippen LogP contribution is 2.27. The molecule has 2 N–H and O–H groups in total. The Hall–Kier alpha value is -0.710. The van der Waals surface area contributed by atoms with Crippen molar-refractivity contribution in [1.82, 2.24) is 5.32 Å². The monoisotopic (exact) mass is 300 g/mol. The molecular formula is C14H21ClN2OS. The van der Waals surface area contributed by atoms with Gasteiger partial charge in [0, 0.05) is 12.2 Å². The van der Waals surface area contributed by atoms with Gasteiger partial charge in [-0.1, -0.05) is 25.1 Å². The smallest absolute Gasteiger partial charge is 0.237 e. The van der Waals surface area contributed by atoms with Crippen LogP contribution in [0.25, 0.3) is 0 Å². The summed E-state index contributed by atoms with van der Waals surface area (Å²) in [7, 11) is 0. The van der Waals surface area contributed by atoms with Crippen molar-refractivity contribution in [2.75, 3.05) is 17.6 Å². The number of rotatable bonds is 5. The number of hydrogen-bond donors (Lipinski definition) is 2. The van der Waals surface area contributed by atoms with Gasteiger partial charge >= 0.3 is 0 Å². The zero-order valence-electron chi connectivity index (χ0n) is 11.1. The molecule has 1 fully saturated rings. The van der Waals surface area contributed by atoms with Gasteiger partial charge in [0.1, 0.15) is 0 Å². The van der Waals surface area contributed by atoms with Gasteiger partial charge in [0.05, 0.1) is 5.25 Å². The third-order valence-corrected chi connectivity index (χ3v) is 4.44. The lowest BCUT2D eigenvalue weighted by atomic mass is 10.1. The van der Waals surface area contributed by atoms with E-state index in [0.29, 0.717) is 0 Å². The number of hydrogen-bond acceptors (Lipinski definition) is 3. The fourth-order valence-electron chi connectivity index (χ4n) is 2.05. The number of carbonyl (C=O) groups is 1. The Morgan fingerprint density at radius 1 is 1.42 bits per heavy atom. The Morgan fingerprint density at radius 2 is 2.21 bits per heavy atom. The fraction of sp³-hybridized carbons (Fsp3) is 0.500. The van der Waals surface area contributed by atoms with E-state index in [1.807, 2.05) is 18.2 Å². The van der Waals surface area contributed by atoms with Crippen molar-refractivity contribution in [2.24, 2.45) is 0 Å². The number of anilines is 1. The van der Waals surface area contributed by atoms with Crippen molar-refractivity contribution in [2.45, 2.75) is 31.6 Å². The lowest BCUT2D eigenvalue weighted by molar-refractivity contribution is -0.115. The molecule has 2 rings (SSSR count). The Balaban J connectivity index is 0.00000180. The van der Waals surface area contributed by atoms with Crippen LogP contribution in [0.5, 0.6) is 0 Å². The Morgan fingerprint density at radius 3 is 2.89 bits per heavy atom. The van der Waals surface area contributed by atoms with E-state index < -0.39 is 0 Å². The summed E-state index contributed by atoms with van der Waals surface area (Å²) in [6.07, 6.45) is 2.16. The molecule has 1 aromatic carbocycles. The summed E-state index contributed by atoms with van der Waals surface area (Å²) >= 11 is 1.77. The number of para-hydroxylation sites is 1. The molecule has 1 heterocycles. The first-order valence-electron chi connectivity index (χ1n) is 6.52. The molecule has 1 aliphatic rings. The lowest BCUT2D eigenvalue weighted by Crippen LogP contribution is -2.24.